The van der Waals surface area contributed by atoms with Gasteiger partial charge in [0.1, 0.15) is 0 Å². The lowest BCUT2D eigenvalue weighted by Crippen LogP contribution is -2.06. The molecule has 0 aromatic heterocycles. The van der Waals surface area contributed by atoms with Crippen LogP contribution in [0, 0.1) is 5.92 Å². The fourth-order valence-corrected chi connectivity index (χ4v) is 1.28. The zero-order valence-electron chi connectivity index (χ0n) is 9.09. The van der Waals surface area contributed by atoms with Crippen molar-refractivity contribution in [2.45, 2.75) is 40.5 Å². The van der Waals surface area contributed by atoms with Crippen LogP contribution in [0.5, 0.6) is 0 Å². The van der Waals surface area contributed by atoms with E-state index < -0.39 is 0 Å². The van der Waals surface area contributed by atoms with Gasteiger partial charge in [0.25, 0.3) is 0 Å². The molecule has 0 unspecified atom stereocenters. The average Bonchev–Trinajstić information content (AvgIpc) is 2.05. The molecule has 13 heavy (non-hydrogen) atoms. The van der Waals surface area contributed by atoms with E-state index in [2.05, 4.69) is 13.8 Å². The van der Waals surface area contributed by atoms with Crippen LogP contribution in [-0.4, -0.2) is 12.6 Å². The maximum Gasteiger partial charge on any atom is 0.333 e. The van der Waals surface area contributed by atoms with E-state index in [1.807, 2.05) is 19.9 Å². The molecule has 0 amide bonds. The van der Waals surface area contributed by atoms with Gasteiger partial charge in [0.15, 0.2) is 0 Å². The van der Waals surface area contributed by atoms with Crippen molar-refractivity contribution in [1.29, 1.82) is 0 Å². The molecule has 0 heterocycles. The molecule has 0 aromatic carbocycles. The highest BCUT2D eigenvalue weighted by Gasteiger charge is 2.05. The zero-order valence-corrected chi connectivity index (χ0v) is 9.09. The predicted octanol–water partition coefficient (Wildman–Crippen LogP) is 2.93. The van der Waals surface area contributed by atoms with Crippen LogP contribution in [-0.2, 0) is 9.53 Å². The Morgan fingerprint density at radius 2 is 2.08 bits per heavy atom. The summed E-state index contributed by atoms with van der Waals surface area (Å²) in [5, 5.41) is 0. The number of hydrogen-bond donors (Lipinski definition) is 0. The highest BCUT2D eigenvalue weighted by molar-refractivity contribution is 5.87. The fourth-order valence-electron chi connectivity index (χ4n) is 1.28. The normalized spacial score (nSPS) is 14.0. The van der Waals surface area contributed by atoms with Gasteiger partial charge >= 0.3 is 5.97 Å². The van der Waals surface area contributed by atoms with Crippen molar-refractivity contribution in [3.8, 4) is 0 Å². The third kappa shape index (κ3) is 5.45. The lowest BCUT2D eigenvalue weighted by molar-refractivity contribution is -0.138. The van der Waals surface area contributed by atoms with E-state index >= 15 is 0 Å². The van der Waals surface area contributed by atoms with Crippen molar-refractivity contribution in [3.63, 3.8) is 0 Å². The molecule has 0 spiro atoms. The summed E-state index contributed by atoms with van der Waals surface area (Å²) >= 11 is 0. The third-order valence-electron chi connectivity index (χ3n) is 1.88. The number of allylic oxidation sites excluding steroid dienone is 1. The van der Waals surface area contributed by atoms with Crippen LogP contribution in [0.4, 0.5) is 0 Å². The quantitative estimate of drug-likeness (QED) is 0.485. The third-order valence-corrected chi connectivity index (χ3v) is 1.88. The molecule has 0 aromatic rings. The Morgan fingerprint density at radius 1 is 1.46 bits per heavy atom. The number of carbonyl (C=O) groups excluding carboxylic acids is 1. The van der Waals surface area contributed by atoms with Gasteiger partial charge in [-0.2, -0.15) is 0 Å². The summed E-state index contributed by atoms with van der Waals surface area (Å²) in [5.74, 6) is 0.278. The monoisotopic (exact) mass is 184 g/mol. The molecule has 0 aliphatic carbocycles. The van der Waals surface area contributed by atoms with Gasteiger partial charge in [-0.3, -0.25) is 0 Å². The summed E-state index contributed by atoms with van der Waals surface area (Å²) in [6, 6.07) is 0. The number of carbonyl (C=O) groups is 1. The first kappa shape index (κ1) is 12.2. The van der Waals surface area contributed by atoms with Crippen LogP contribution < -0.4 is 0 Å². The van der Waals surface area contributed by atoms with E-state index in [4.69, 9.17) is 4.74 Å². The van der Waals surface area contributed by atoms with Crippen LogP contribution in [0.3, 0.4) is 0 Å². The lowest BCUT2D eigenvalue weighted by atomic mass is 10.0. The van der Waals surface area contributed by atoms with E-state index in [0.29, 0.717) is 12.5 Å². The van der Waals surface area contributed by atoms with Crippen molar-refractivity contribution < 1.29 is 9.53 Å². The van der Waals surface area contributed by atoms with Crippen molar-refractivity contribution in [2.24, 2.45) is 5.92 Å². The van der Waals surface area contributed by atoms with Crippen molar-refractivity contribution >= 4 is 5.97 Å². The first-order chi connectivity index (χ1) is 6.11. The van der Waals surface area contributed by atoms with Gasteiger partial charge in [-0.05, 0) is 26.2 Å². The van der Waals surface area contributed by atoms with Gasteiger partial charge in [-0.1, -0.05) is 26.3 Å². The summed E-state index contributed by atoms with van der Waals surface area (Å²) in [5.41, 5.74) is 0.725. The van der Waals surface area contributed by atoms with Gasteiger partial charge in [-0.15, -0.1) is 0 Å². The Labute approximate surface area is 81.0 Å². The lowest BCUT2D eigenvalue weighted by Gasteiger charge is -2.06. The van der Waals surface area contributed by atoms with E-state index in [-0.39, 0.29) is 5.97 Å². The highest BCUT2D eigenvalue weighted by atomic mass is 16.5. The van der Waals surface area contributed by atoms with Gasteiger partial charge in [0.05, 0.1) is 6.61 Å². The number of hydrogen-bond acceptors (Lipinski definition) is 2. The summed E-state index contributed by atoms with van der Waals surface area (Å²) in [6.45, 7) is 8.34. The van der Waals surface area contributed by atoms with Gasteiger partial charge in [0.2, 0.25) is 0 Å². The fraction of sp³-hybridized carbons (Fsp3) is 0.727. The first-order valence-electron chi connectivity index (χ1n) is 4.97. The largest absolute Gasteiger partial charge is 0.463 e. The van der Waals surface area contributed by atoms with Crippen molar-refractivity contribution in [2.75, 3.05) is 6.61 Å². The van der Waals surface area contributed by atoms with Crippen LogP contribution in [0.1, 0.15) is 40.5 Å². The molecule has 0 N–H and O–H groups in total. The molecule has 0 aliphatic heterocycles. The topological polar surface area (TPSA) is 26.3 Å². The Hall–Kier alpha value is -0.790. The number of ether oxygens (including phenoxy) is 1. The molecular formula is C11H20O2. The summed E-state index contributed by atoms with van der Waals surface area (Å²) in [6.07, 6.45) is 4.26. The molecule has 0 aliphatic rings. The Balaban J connectivity index is 4.06. The second-order valence-corrected chi connectivity index (χ2v) is 3.34. The van der Waals surface area contributed by atoms with Crippen LogP contribution in [0.25, 0.3) is 0 Å². The SMILES string of the molecule is CCC[C@@H](C)/C=C(\C)C(=O)OCC. The summed E-state index contributed by atoms with van der Waals surface area (Å²) < 4.78 is 4.88. The minimum atomic E-state index is -0.189. The summed E-state index contributed by atoms with van der Waals surface area (Å²) in [4.78, 5) is 11.2. The summed E-state index contributed by atoms with van der Waals surface area (Å²) in [7, 11) is 0. The van der Waals surface area contributed by atoms with E-state index in [0.717, 1.165) is 18.4 Å². The standard InChI is InChI=1S/C11H20O2/c1-5-7-9(3)8-10(4)11(12)13-6-2/h8-9H,5-7H2,1-4H3/b10-8+/t9-/m1/s1. The van der Waals surface area contributed by atoms with Gasteiger partial charge in [0, 0.05) is 5.57 Å². The maximum atomic E-state index is 11.2. The molecular weight excluding hydrogens is 164 g/mol. The Kier molecular flexibility index (Phi) is 6.29. The van der Waals surface area contributed by atoms with E-state index in [1.165, 1.54) is 0 Å². The van der Waals surface area contributed by atoms with Gasteiger partial charge < -0.3 is 4.74 Å². The molecule has 2 nitrogen and oxygen atoms in total. The molecule has 0 radical (unpaired) electrons. The van der Waals surface area contributed by atoms with Gasteiger partial charge in [-0.25, -0.2) is 4.79 Å². The minimum Gasteiger partial charge on any atom is -0.463 e. The maximum absolute atomic E-state index is 11.2. The molecule has 0 saturated carbocycles. The molecule has 0 fully saturated rings. The Morgan fingerprint density at radius 3 is 2.54 bits per heavy atom. The van der Waals surface area contributed by atoms with Crippen LogP contribution >= 0.6 is 0 Å². The predicted molar refractivity (Wildman–Crippen MR) is 54.5 cm³/mol. The highest BCUT2D eigenvalue weighted by Crippen LogP contribution is 2.10. The molecule has 2 heteroatoms. The minimum absolute atomic E-state index is 0.189. The van der Waals surface area contributed by atoms with Crippen molar-refractivity contribution in [1.82, 2.24) is 0 Å². The number of rotatable bonds is 5. The average molecular weight is 184 g/mol. The zero-order chi connectivity index (χ0) is 10.3. The number of esters is 1. The first-order valence-corrected chi connectivity index (χ1v) is 4.97. The second kappa shape index (κ2) is 6.70. The molecule has 1 atom stereocenters. The van der Waals surface area contributed by atoms with E-state index in [1.54, 1.807) is 0 Å². The van der Waals surface area contributed by atoms with Crippen LogP contribution in [0.15, 0.2) is 11.6 Å². The smallest absolute Gasteiger partial charge is 0.333 e. The Bertz CT molecular complexity index is 183. The van der Waals surface area contributed by atoms with Crippen molar-refractivity contribution in [3.05, 3.63) is 11.6 Å². The second-order valence-electron chi connectivity index (χ2n) is 3.34. The molecule has 0 saturated heterocycles. The molecule has 0 rings (SSSR count). The van der Waals surface area contributed by atoms with E-state index in [9.17, 15) is 4.79 Å². The van der Waals surface area contributed by atoms with Crippen LogP contribution in [0.2, 0.25) is 0 Å². The molecule has 76 valence electrons. The molecule has 0 bridgehead atoms.